The fourth-order valence-electron chi connectivity index (χ4n) is 2.44. The number of halogens is 3. The smallest absolute Gasteiger partial charge is 0.134 e. The second-order valence-corrected chi connectivity index (χ2v) is 5.18. The fourth-order valence-corrected chi connectivity index (χ4v) is 2.44. The van der Waals surface area contributed by atoms with Crippen LogP contribution in [0.2, 0.25) is 0 Å². The van der Waals surface area contributed by atoms with Crippen molar-refractivity contribution < 1.29 is 13.2 Å². The van der Waals surface area contributed by atoms with Gasteiger partial charge in [0, 0.05) is 11.6 Å². The first kappa shape index (κ1) is 14.4. The van der Waals surface area contributed by atoms with Crippen molar-refractivity contribution in [1.82, 2.24) is 0 Å². The Morgan fingerprint density at radius 1 is 0.636 bits per heavy atom. The maximum atomic E-state index is 14.3. The highest BCUT2D eigenvalue weighted by molar-refractivity contribution is 5.84. The fraction of sp³-hybridized carbons (Fsp3) is 0.0526. The molecule has 0 aliphatic rings. The highest BCUT2D eigenvalue weighted by Crippen LogP contribution is 2.35. The molecule has 0 atom stereocenters. The van der Waals surface area contributed by atoms with E-state index in [0.29, 0.717) is 22.3 Å². The first-order valence-corrected chi connectivity index (χ1v) is 6.86. The van der Waals surface area contributed by atoms with Crippen LogP contribution < -0.4 is 0 Å². The first-order valence-electron chi connectivity index (χ1n) is 6.86. The Morgan fingerprint density at radius 2 is 1.23 bits per heavy atom. The van der Waals surface area contributed by atoms with Gasteiger partial charge in [-0.15, -0.1) is 0 Å². The predicted molar refractivity (Wildman–Crippen MR) is 81.9 cm³/mol. The molecule has 0 amide bonds. The lowest BCUT2D eigenvalue weighted by molar-refractivity contribution is 0.586. The van der Waals surface area contributed by atoms with Crippen molar-refractivity contribution in [2.45, 2.75) is 6.92 Å². The topological polar surface area (TPSA) is 0 Å². The zero-order valence-corrected chi connectivity index (χ0v) is 11.9. The zero-order valence-electron chi connectivity index (χ0n) is 11.9. The molecule has 0 aromatic heterocycles. The summed E-state index contributed by atoms with van der Waals surface area (Å²) in [5.41, 5.74) is 2.99. The molecule has 3 rings (SSSR count). The summed E-state index contributed by atoms with van der Waals surface area (Å²) in [7, 11) is 0. The third-order valence-corrected chi connectivity index (χ3v) is 3.55. The maximum absolute atomic E-state index is 14.3. The van der Waals surface area contributed by atoms with Gasteiger partial charge in [0.1, 0.15) is 17.5 Å². The minimum atomic E-state index is -0.660. The summed E-state index contributed by atoms with van der Waals surface area (Å²) >= 11 is 0. The van der Waals surface area contributed by atoms with Gasteiger partial charge >= 0.3 is 0 Å². The number of benzene rings is 3. The molecular formula is C19H13F3. The third-order valence-electron chi connectivity index (χ3n) is 3.55. The zero-order chi connectivity index (χ0) is 15.7. The Balaban J connectivity index is 2.24. The summed E-state index contributed by atoms with van der Waals surface area (Å²) in [6.07, 6.45) is 0. The van der Waals surface area contributed by atoms with Crippen LogP contribution in [0.5, 0.6) is 0 Å². The molecule has 0 radical (unpaired) electrons. The molecule has 0 saturated carbocycles. The SMILES string of the molecule is Cc1ccc(-c2c(F)cc(F)cc2-c2ccc(F)cc2)cc1. The summed E-state index contributed by atoms with van der Waals surface area (Å²) in [6.45, 7) is 1.94. The van der Waals surface area contributed by atoms with Crippen molar-refractivity contribution in [1.29, 1.82) is 0 Å². The van der Waals surface area contributed by atoms with E-state index >= 15 is 0 Å². The van der Waals surface area contributed by atoms with Crippen molar-refractivity contribution in [3.63, 3.8) is 0 Å². The van der Waals surface area contributed by atoms with Crippen molar-refractivity contribution in [2.24, 2.45) is 0 Å². The number of hydrogen-bond donors (Lipinski definition) is 0. The molecule has 0 fully saturated rings. The second-order valence-electron chi connectivity index (χ2n) is 5.18. The molecule has 0 aliphatic heterocycles. The average Bonchev–Trinajstić information content (AvgIpc) is 2.49. The van der Waals surface area contributed by atoms with E-state index in [4.69, 9.17) is 0 Å². The van der Waals surface area contributed by atoms with Crippen molar-refractivity contribution >= 4 is 0 Å². The van der Waals surface area contributed by atoms with E-state index in [1.165, 1.54) is 30.3 Å². The molecule has 0 nitrogen and oxygen atoms in total. The van der Waals surface area contributed by atoms with Gasteiger partial charge in [0.2, 0.25) is 0 Å². The van der Waals surface area contributed by atoms with Crippen molar-refractivity contribution in [3.05, 3.63) is 83.7 Å². The lowest BCUT2D eigenvalue weighted by Gasteiger charge is -2.12. The van der Waals surface area contributed by atoms with E-state index in [1.54, 1.807) is 12.1 Å². The van der Waals surface area contributed by atoms with Crippen LogP contribution in [-0.4, -0.2) is 0 Å². The standard InChI is InChI=1S/C19H13F3/c1-12-2-4-14(5-3-12)19-17(10-16(21)11-18(19)22)13-6-8-15(20)9-7-13/h2-11H,1H3. The number of rotatable bonds is 2. The van der Waals surface area contributed by atoms with Gasteiger partial charge in [0.05, 0.1) is 0 Å². The van der Waals surface area contributed by atoms with E-state index in [2.05, 4.69) is 0 Å². The lowest BCUT2D eigenvalue weighted by atomic mass is 9.93. The predicted octanol–water partition coefficient (Wildman–Crippen LogP) is 5.75. The quantitative estimate of drug-likeness (QED) is 0.565. The minimum Gasteiger partial charge on any atom is -0.207 e. The van der Waals surface area contributed by atoms with Crippen LogP contribution in [0.4, 0.5) is 13.2 Å². The Labute approximate surface area is 126 Å². The van der Waals surface area contributed by atoms with Gasteiger partial charge < -0.3 is 0 Å². The summed E-state index contributed by atoms with van der Waals surface area (Å²) in [5, 5.41) is 0. The summed E-state index contributed by atoms with van der Waals surface area (Å²) in [4.78, 5) is 0. The molecule has 0 unspecified atom stereocenters. The van der Waals surface area contributed by atoms with Crippen LogP contribution in [0, 0.1) is 24.4 Å². The summed E-state index contributed by atoms with van der Waals surface area (Å²) < 4.78 is 41.1. The molecule has 3 aromatic carbocycles. The first-order chi connectivity index (χ1) is 10.5. The van der Waals surface area contributed by atoms with Gasteiger partial charge in [-0.1, -0.05) is 42.0 Å². The van der Waals surface area contributed by atoms with Crippen LogP contribution in [0.1, 0.15) is 5.56 Å². The summed E-state index contributed by atoms with van der Waals surface area (Å²) in [5.74, 6) is -1.69. The molecule has 0 N–H and O–H groups in total. The normalized spacial score (nSPS) is 10.7. The van der Waals surface area contributed by atoms with Gasteiger partial charge in [-0.2, -0.15) is 0 Å². The van der Waals surface area contributed by atoms with E-state index in [9.17, 15) is 13.2 Å². The lowest BCUT2D eigenvalue weighted by Crippen LogP contribution is -1.93. The van der Waals surface area contributed by atoms with E-state index in [1.807, 2.05) is 19.1 Å². The Kier molecular flexibility index (Phi) is 3.72. The average molecular weight is 298 g/mol. The molecule has 3 heteroatoms. The summed E-state index contributed by atoms with van der Waals surface area (Å²) in [6, 6.07) is 15.0. The molecule has 22 heavy (non-hydrogen) atoms. The Hall–Kier alpha value is -2.55. The number of aryl methyl sites for hydroxylation is 1. The van der Waals surface area contributed by atoms with Gasteiger partial charge in [0.15, 0.2) is 0 Å². The van der Waals surface area contributed by atoms with Gasteiger partial charge in [-0.25, -0.2) is 13.2 Å². The third kappa shape index (κ3) is 2.75. The van der Waals surface area contributed by atoms with Crippen molar-refractivity contribution in [2.75, 3.05) is 0 Å². The number of hydrogen-bond acceptors (Lipinski definition) is 0. The van der Waals surface area contributed by atoms with E-state index in [0.717, 1.165) is 11.6 Å². The van der Waals surface area contributed by atoms with Crippen LogP contribution in [-0.2, 0) is 0 Å². The molecule has 0 spiro atoms. The molecule has 0 heterocycles. The highest BCUT2D eigenvalue weighted by Gasteiger charge is 2.15. The molecule has 0 saturated heterocycles. The van der Waals surface area contributed by atoms with E-state index < -0.39 is 17.5 Å². The monoisotopic (exact) mass is 298 g/mol. The van der Waals surface area contributed by atoms with Crippen LogP contribution in [0.25, 0.3) is 22.3 Å². The molecule has 0 aliphatic carbocycles. The highest BCUT2D eigenvalue weighted by atomic mass is 19.1. The Bertz CT molecular complexity index is 803. The molecule has 110 valence electrons. The van der Waals surface area contributed by atoms with Crippen LogP contribution in [0.15, 0.2) is 60.7 Å². The maximum Gasteiger partial charge on any atom is 0.134 e. The molecular weight excluding hydrogens is 285 g/mol. The van der Waals surface area contributed by atoms with Crippen molar-refractivity contribution in [3.8, 4) is 22.3 Å². The van der Waals surface area contributed by atoms with Gasteiger partial charge in [-0.3, -0.25) is 0 Å². The molecule has 0 bridgehead atoms. The van der Waals surface area contributed by atoms with Gasteiger partial charge in [0.25, 0.3) is 0 Å². The van der Waals surface area contributed by atoms with Crippen LogP contribution >= 0.6 is 0 Å². The largest absolute Gasteiger partial charge is 0.207 e. The Morgan fingerprint density at radius 3 is 1.86 bits per heavy atom. The second kappa shape index (κ2) is 5.68. The minimum absolute atomic E-state index is 0.313. The van der Waals surface area contributed by atoms with Crippen LogP contribution in [0.3, 0.4) is 0 Å². The van der Waals surface area contributed by atoms with E-state index in [-0.39, 0.29) is 0 Å². The van der Waals surface area contributed by atoms with Gasteiger partial charge in [-0.05, 0) is 41.8 Å². The molecule has 3 aromatic rings.